The van der Waals surface area contributed by atoms with Gasteiger partial charge in [-0.25, -0.2) is 9.97 Å². The number of nitrogens with zero attached hydrogens (tertiary/aromatic N) is 4. The summed E-state index contributed by atoms with van der Waals surface area (Å²) in [6.45, 7) is 14.3. The summed E-state index contributed by atoms with van der Waals surface area (Å²) in [5, 5.41) is 3.16. The van der Waals surface area contributed by atoms with E-state index < -0.39 is 0 Å². The highest BCUT2D eigenvalue weighted by Gasteiger charge is 2.22. The van der Waals surface area contributed by atoms with Crippen LogP contribution >= 0.6 is 0 Å². The zero-order valence-electron chi connectivity index (χ0n) is 14.1. The molecule has 0 saturated carbocycles. The molecule has 1 fully saturated rings. The number of hydrogen-bond acceptors (Lipinski definition) is 5. The first-order chi connectivity index (χ1) is 9.94. The fourth-order valence-corrected chi connectivity index (χ4v) is 2.58. The van der Waals surface area contributed by atoms with Crippen LogP contribution in [-0.2, 0) is 5.41 Å². The van der Waals surface area contributed by atoms with Crippen LogP contribution in [0.25, 0.3) is 0 Å². The molecule has 5 nitrogen and oxygen atoms in total. The lowest BCUT2D eigenvalue weighted by atomic mass is 9.96. The quantitative estimate of drug-likeness (QED) is 0.922. The van der Waals surface area contributed by atoms with Crippen molar-refractivity contribution in [1.82, 2.24) is 14.9 Å². The maximum Gasteiger partial charge on any atom is 0.138 e. The molecule has 1 aromatic heterocycles. The van der Waals surface area contributed by atoms with E-state index in [1.165, 1.54) is 13.0 Å². The number of nitrogens with one attached hydrogen (secondary N) is 1. The third-order valence-electron chi connectivity index (χ3n) is 3.88. The van der Waals surface area contributed by atoms with E-state index >= 15 is 0 Å². The second kappa shape index (κ2) is 6.60. The summed E-state index contributed by atoms with van der Waals surface area (Å²) in [6.07, 6.45) is 1.23. The lowest BCUT2D eigenvalue weighted by Crippen LogP contribution is -2.47. The number of piperazine rings is 1. The Hall–Kier alpha value is -1.36. The third-order valence-corrected chi connectivity index (χ3v) is 3.88. The molecule has 0 bridgehead atoms. The highest BCUT2D eigenvalue weighted by Crippen LogP contribution is 2.24. The lowest BCUT2D eigenvalue weighted by Gasteiger charge is -2.35. The molecule has 0 aromatic carbocycles. The van der Waals surface area contributed by atoms with E-state index in [9.17, 15) is 0 Å². The van der Waals surface area contributed by atoms with E-state index in [-0.39, 0.29) is 5.41 Å². The Labute approximate surface area is 128 Å². The van der Waals surface area contributed by atoms with Gasteiger partial charge in [0.05, 0.1) is 0 Å². The molecule has 5 heteroatoms. The maximum absolute atomic E-state index is 4.80. The lowest BCUT2D eigenvalue weighted by molar-refractivity contribution is 0.258. The molecule has 1 aliphatic heterocycles. The van der Waals surface area contributed by atoms with Gasteiger partial charge in [0.15, 0.2) is 0 Å². The highest BCUT2D eigenvalue weighted by atomic mass is 15.3. The van der Waals surface area contributed by atoms with Crippen molar-refractivity contribution in [3.63, 3.8) is 0 Å². The average molecular weight is 291 g/mol. The molecule has 0 aliphatic carbocycles. The Morgan fingerprint density at radius 2 is 1.81 bits per heavy atom. The zero-order valence-corrected chi connectivity index (χ0v) is 14.1. The fraction of sp³-hybridized carbons (Fsp3) is 0.750. The van der Waals surface area contributed by atoms with Gasteiger partial charge in [-0.2, -0.15) is 0 Å². The van der Waals surface area contributed by atoms with E-state index in [1.807, 2.05) is 7.05 Å². The molecule has 1 saturated heterocycles. The van der Waals surface area contributed by atoms with Gasteiger partial charge in [0, 0.05) is 44.7 Å². The minimum atomic E-state index is -0.0361. The van der Waals surface area contributed by atoms with Gasteiger partial charge in [-0.15, -0.1) is 0 Å². The Morgan fingerprint density at radius 3 is 2.33 bits per heavy atom. The van der Waals surface area contributed by atoms with E-state index in [0.29, 0.717) is 0 Å². The third kappa shape index (κ3) is 4.06. The van der Waals surface area contributed by atoms with Crippen molar-refractivity contribution in [3.05, 3.63) is 11.9 Å². The van der Waals surface area contributed by atoms with Gasteiger partial charge in [0.25, 0.3) is 0 Å². The second-order valence-electron chi connectivity index (χ2n) is 6.76. The van der Waals surface area contributed by atoms with Crippen LogP contribution in [0.2, 0.25) is 0 Å². The van der Waals surface area contributed by atoms with E-state index in [0.717, 1.165) is 43.6 Å². The molecule has 1 aromatic rings. The molecule has 0 unspecified atom stereocenters. The van der Waals surface area contributed by atoms with Crippen molar-refractivity contribution < 1.29 is 0 Å². The molecule has 21 heavy (non-hydrogen) atoms. The van der Waals surface area contributed by atoms with Crippen LogP contribution in [0.15, 0.2) is 6.07 Å². The van der Waals surface area contributed by atoms with Crippen molar-refractivity contribution in [3.8, 4) is 0 Å². The fourth-order valence-electron chi connectivity index (χ4n) is 2.58. The zero-order chi connectivity index (χ0) is 15.5. The van der Waals surface area contributed by atoms with E-state index in [2.05, 4.69) is 53.9 Å². The summed E-state index contributed by atoms with van der Waals surface area (Å²) in [4.78, 5) is 14.3. The van der Waals surface area contributed by atoms with Crippen LogP contribution in [0.4, 0.5) is 11.6 Å². The molecule has 1 aliphatic rings. The Balaban J connectivity index is 2.16. The van der Waals surface area contributed by atoms with Crippen molar-refractivity contribution in [1.29, 1.82) is 0 Å². The summed E-state index contributed by atoms with van der Waals surface area (Å²) in [5.41, 5.74) is -0.0361. The predicted octanol–water partition coefficient (Wildman–Crippen LogP) is 2.35. The summed E-state index contributed by atoms with van der Waals surface area (Å²) >= 11 is 0. The molecule has 0 atom stereocenters. The van der Waals surface area contributed by atoms with Crippen molar-refractivity contribution in [2.45, 2.75) is 39.5 Å². The summed E-state index contributed by atoms with van der Waals surface area (Å²) in [5.74, 6) is 2.86. The second-order valence-corrected chi connectivity index (χ2v) is 6.76. The van der Waals surface area contributed by atoms with Crippen LogP contribution in [0.5, 0.6) is 0 Å². The SMILES string of the molecule is CCCN1CCN(c2cc(NC)nc(C(C)(C)C)n2)CC1. The van der Waals surface area contributed by atoms with Crippen LogP contribution in [-0.4, -0.2) is 54.6 Å². The normalized spacial score (nSPS) is 17.1. The van der Waals surface area contributed by atoms with Crippen LogP contribution in [0.3, 0.4) is 0 Å². The van der Waals surface area contributed by atoms with Crippen molar-refractivity contribution >= 4 is 11.6 Å². The maximum atomic E-state index is 4.80. The monoisotopic (exact) mass is 291 g/mol. The minimum absolute atomic E-state index is 0.0361. The summed E-state index contributed by atoms with van der Waals surface area (Å²) in [7, 11) is 1.91. The van der Waals surface area contributed by atoms with Crippen LogP contribution < -0.4 is 10.2 Å². The number of rotatable bonds is 4. The van der Waals surface area contributed by atoms with Gasteiger partial charge >= 0.3 is 0 Å². The van der Waals surface area contributed by atoms with Crippen LogP contribution in [0.1, 0.15) is 39.9 Å². The van der Waals surface area contributed by atoms with Gasteiger partial charge in [0.1, 0.15) is 17.5 Å². The minimum Gasteiger partial charge on any atom is -0.373 e. The summed E-state index contributed by atoms with van der Waals surface area (Å²) < 4.78 is 0. The first kappa shape index (κ1) is 16.0. The molecule has 1 N–H and O–H groups in total. The van der Waals surface area contributed by atoms with Gasteiger partial charge < -0.3 is 10.2 Å². The Kier molecular flexibility index (Phi) is 5.04. The highest BCUT2D eigenvalue weighted by molar-refractivity contribution is 5.50. The van der Waals surface area contributed by atoms with Gasteiger partial charge in [-0.1, -0.05) is 27.7 Å². The van der Waals surface area contributed by atoms with Gasteiger partial charge in [0.2, 0.25) is 0 Å². The molecule has 0 spiro atoms. The van der Waals surface area contributed by atoms with E-state index in [1.54, 1.807) is 0 Å². The first-order valence-electron chi connectivity index (χ1n) is 7.98. The molecular weight excluding hydrogens is 262 g/mol. The molecule has 0 radical (unpaired) electrons. The molecule has 118 valence electrons. The van der Waals surface area contributed by atoms with E-state index in [4.69, 9.17) is 4.98 Å². The number of hydrogen-bond donors (Lipinski definition) is 1. The summed E-state index contributed by atoms with van der Waals surface area (Å²) in [6, 6.07) is 2.06. The molecule has 2 rings (SSSR count). The molecule has 2 heterocycles. The largest absolute Gasteiger partial charge is 0.373 e. The Bertz CT molecular complexity index is 458. The van der Waals surface area contributed by atoms with Gasteiger partial charge in [-0.05, 0) is 13.0 Å². The molecule has 0 amide bonds. The van der Waals surface area contributed by atoms with Crippen LogP contribution in [0, 0.1) is 0 Å². The van der Waals surface area contributed by atoms with Crippen molar-refractivity contribution in [2.75, 3.05) is 50.0 Å². The predicted molar refractivity (Wildman–Crippen MR) is 89.2 cm³/mol. The number of aromatic nitrogens is 2. The average Bonchev–Trinajstić information content (AvgIpc) is 2.47. The molecular formula is C16H29N5. The smallest absolute Gasteiger partial charge is 0.138 e. The van der Waals surface area contributed by atoms with Crippen molar-refractivity contribution in [2.24, 2.45) is 0 Å². The number of anilines is 2. The van der Waals surface area contributed by atoms with Gasteiger partial charge in [-0.3, -0.25) is 4.90 Å². The Morgan fingerprint density at radius 1 is 1.14 bits per heavy atom. The standard InChI is InChI=1S/C16H29N5/c1-6-7-20-8-10-21(11-9-20)14-12-13(17-5)18-15(19-14)16(2,3)4/h12H,6-11H2,1-5H3,(H,17,18,19). The first-order valence-corrected chi connectivity index (χ1v) is 7.98. The topological polar surface area (TPSA) is 44.3 Å².